The average Bonchev–Trinajstić information content (AvgIpc) is 3.23. The molecule has 144 valence electrons. The van der Waals surface area contributed by atoms with Crippen LogP contribution >= 0.6 is 23.4 Å². The Morgan fingerprint density at radius 1 is 1.21 bits per heavy atom. The van der Waals surface area contributed by atoms with Crippen molar-refractivity contribution in [1.82, 2.24) is 4.90 Å². The lowest BCUT2D eigenvalue weighted by atomic mass is 10.1. The van der Waals surface area contributed by atoms with Crippen LogP contribution in [-0.4, -0.2) is 29.4 Å². The molecule has 0 aliphatic carbocycles. The molecule has 4 rings (SSSR count). The SMILES string of the molecule is CCOc1ccccc1/C=C1\SC(=O)N(Cc2cc3c(cc2Cl)OCO3)C1=O. The van der Waals surface area contributed by atoms with Crippen LogP contribution in [0.4, 0.5) is 4.79 Å². The van der Waals surface area contributed by atoms with E-state index in [1.807, 2.05) is 31.2 Å². The van der Waals surface area contributed by atoms with Crippen LogP contribution in [0.5, 0.6) is 17.2 Å². The number of para-hydroxylation sites is 1. The standard InChI is InChI=1S/C20H16ClNO5S/c1-2-25-15-6-4-3-5-12(15)8-18-19(23)22(20(24)28-18)10-13-7-16-17(9-14(13)21)27-11-26-16/h3-9H,2,10-11H2,1H3/b18-8-. The summed E-state index contributed by atoms with van der Waals surface area (Å²) in [4.78, 5) is 26.8. The number of fused-ring (bicyclic) bond motifs is 1. The molecule has 0 bridgehead atoms. The summed E-state index contributed by atoms with van der Waals surface area (Å²) in [6.45, 7) is 2.58. The van der Waals surface area contributed by atoms with Crippen LogP contribution < -0.4 is 14.2 Å². The Hall–Kier alpha value is -2.64. The minimum Gasteiger partial charge on any atom is -0.493 e. The second kappa shape index (κ2) is 7.77. The normalized spacial score (nSPS) is 16.9. The van der Waals surface area contributed by atoms with Crippen LogP contribution in [0.15, 0.2) is 41.3 Å². The highest BCUT2D eigenvalue weighted by Gasteiger charge is 2.36. The summed E-state index contributed by atoms with van der Waals surface area (Å²) in [6.07, 6.45) is 1.68. The van der Waals surface area contributed by atoms with Gasteiger partial charge in [0, 0.05) is 16.7 Å². The highest BCUT2D eigenvalue weighted by Crippen LogP contribution is 2.39. The molecule has 2 heterocycles. The molecule has 0 unspecified atom stereocenters. The summed E-state index contributed by atoms with van der Waals surface area (Å²) in [5.74, 6) is 1.40. The summed E-state index contributed by atoms with van der Waals surface area (Å²) in [7, 11) is 0. The van der Waals surface area contributed by atoms with Crippen LogP contribution in [0.25, 0.3) is 6.08 Å². The Balaban J connectivity index is 1.58. The maximum Gasteiger partial charge on any atom is 0.293 e. The number of benzene rings is 2. The lowest BCUT2D eigenvalue weighted by Gasteiger charge is -2.14. The molecule has 2 aromatic carbocycles. The number of thioether (sulfide) groups is 1. The lowest BCUT2D eigenvalue weighted by Crippen LogP contribution is -2.27. The van der Waals surface area contributed by atoms with Gasteiger partial charge < -0.3 is 14.2 Å². The van der Waals surface area contributed by atoms with Gasteiger partial charge in [-0.1, -0.05) is 29.8 Å². The van der Waals surface area contributed by atoms with Crippen molar-refractivity contribution in [3.8, 4) is 17.2 Å². The maximum absolute atomic E-state index is 12.8. The number of nitrogens with zero attached hydrogens (tertiary/aromatic N) is 1. The molecule has 1 saturated heterocycles. The Kier molecular flexibility index (Phi) is 5.19. The molecule has 0 aromatic heterocycles. The van der Waals surface area contributed by atoms with Gasteiger partial charge in [-0.15, -0.1) is 0 Å². The number of halogens is 1. The molecular weight excluding hydrogens is 402 g/mol. The fourth-order valence-electron chi connectivity index (χ4n) is 2.92. The van der Waals surface area contributed by atoms with E-state index in [-0.39, 0.29) is 24.5 Å². The number of carbonyl (C=O) groups excluding carboxylic acids is 2. The van der Waals surface area contributed by atoms with Crippen molar-refractivity contribution in [1.29, 1.82) is 0 Å². The molecule has 0 saturated carbocycles. The number of carbonyl (C=O) groups is 2. The van der Waals surface area contributed by atoms with E-state index in [2.05, 4.69) is 0 Å². The van der Waals surface area contributed by atoms with E-state index in [4.69, 9.17) is 25.8 Å². The van der Waals surface area contributed by atoms with E-state index < -0.39 is 0 Å². The first kappa shape index (κ1) is 18.7. The first-order valence-electron chi connectivity index (χ1n) is 8.62. The minimum absolute atomic E-state index is 0.0601. The van der Waals surface area contributed by atoms with E-state index >= 15 is 0 Å². The van der Waals surface area contributed by atoms with Gasteiger partial charge in [-0.2, -0.15) is 0 Å². The van der Waals surface area contributed by atoms with Crippen molar-refractivity contribution in [2.45, 2.75) is 13.5 Å². The van der Waals surface area contributed by atoms with E-state index in [0.29, 0.717) is 39.3 Å². The molecule has 2 aromatic rings. The van der Waals surface area contributed by atoms with Gasteiger partial charge in [0.1, 0.15) is 5.75 Å². The summed E-state index contributed by atoms with van der Waals surface area (Å²) in [5.41, 5.74) is 1.36. The Morgan fingerprint density at radius 3 is 2.75 bits per heavy atom. The van der Waals surface area contributed by atoms with Crippen molar-refractivity contribution < 1.29 is 23.8 Å². The number of amides is 2. The van der Waals surface area contributed by atoms with Crippen molar-refractivity contribution in [3.63, 3.8) is 0 Å². The molecule has 0 N–H and O–H groups in total. The summed E-state index contributed by atoms with van der Waals surface area (Å²) in [6, 6.07) is 10.7. The van der Waals surface area contributed by atoms with Gasteiger partial charge in [-0.25, -0.2) is 0 Å². The van der Waals surface area contributed by atoms with Gasteiger partial charge >= 0.3 is 0 Å². The highest BCUT2D eigenvalue weighted by atomic mass is 35.5. The van der Waals surface area contributed by atoms with Gasteiger partial charge in [-0.05, 0) is 42.5 Å². The fourth-order valence-corrected chi connectivity index (χ4v) is 3.96. The first-order chi connectivity index (χ1) is 13.6. The number of ether oxygens (including phenoxy) is 3. The zero-order valence-electron chi connectivity index (χ0n) is 14.9. The molecule has 0 spiro atoms. The molecule has 0 atom stereocenters. The van der Waals surface area contributed by atoms with Crippen LogP contribution in [0.1, 0.15) is 18.1 Å². The Labute approximate surface area is 171 Å². The van der Waals surface area contributed by atoms with Crippen molar-refractivity contribution in [2.24, 2.45) is 0 Å². The molecule has 28 heavy (non-hydrogen) atoms. The molecule has 1 fully saturated rings. The molecule has 2 aliphatic rings. The van der Waals surface area contributed by atoms with Gasteiger partial charge in [0.2, 0.25) is 6.79 Å². The smallest absolute Gasteiger partial charge is 0.293 e. The fraction of sp³-hybridized carbons (Fsp3) is 0.200. The third kappa shape index (κ3) is 3.55. The van der Waals surface area contributed by atoms with E-state index in [0.717, 1.165) is 17.3 Å². The number of hydrogen-bond acceptors (Lipinski definition) is 6. The average molecular weight is 418 g/mol. The van der Waals surface area contributed by atoms with E-state index in [1.54, 1.807) is 18.2 Å². The van der Waals surface area contributed by atoms with Crippen molar-refractivity contribution in [2.75, 3.05) is 13.4 Å². The van der Waals surface area contributed by atoms with E-state index in [9.17, 15) is 9.59 Å². The zero-order chi connectivity index (χ0) is 19.7. The van der Waals surface area contributed by atoms with Gasteiger partial charge in [0.25, 0.3) is 11.1 Å². The highest BCUT2D eigenvalue weighted by molar-refractivity contribution is 8.18. The topological polar surface area (TPSA) is 65.1 Å². The second-order valence-electron chi connectivity index (χ2n) is 6.04. The maximum atomic E-state index is 12.8. The largest absolute Gasteiger partial charge is 0.493 e. The van der Waals surface area contributed by atoms with Crippen LogP contribution in [-0.2, 0) is 11.3 Å². The second-order valence-corrected chi connectivity index (χ2v) is 7.44. The third-order valence-electron chi connectivity index (χ3n) is 4.25. The van der Waals surface area contributed by atoms with Gasteiger partial charge in [0.15, 0.2) is 11.5 Å². The van der Waals surface area contributed by atoms with Crippen LogP contribution in [0, 0.1) is 0 Å². The Bertz CT molecular complexity index is 991. The van der Waals surface area contributed by atoms with Crippen LogP contribution in [0.3, 0.4) is 0 Å². The van der Waals surface area contributed by atoms with Crippen molar-refractivity contribution in [3.05, 3.63) is 57.5 Å². The number of rotatable bonds is 5. The summed E-state index contributed by atoms with van der Waals surface area (Å²) < 4.78 is 16.2. The predicted octanol–water partition coefficient (Wildman–Crippen LogP) is 4.70. The molecule has 6 nitrogen and oxygen atoms in total. The monoisotopic (exact) mass is 417 g/mol. The molecule has 2 aliphatic heterocycles. The number of hydrogen-bond donors (Lipinski definition) is 0. The van der Waals surface area contributed by atoms with Crippen LogP contribution in [0.2, 0.25) is 5.02 Å². The summed E-state index contributed by atoms with van der Waals surface area (Å²) in [5, 5.41) is 0.0628. The van der Waals surface area contributed by atoms with E-state index in [1.165, 1.54) is 4.90 Å². The molecule has 0 radical (unpaired) electrons. The van der Waals surface area contributed by atoms with Crippen molar-refractivity contribution >= 4 is 40.6 Å². The third-order valence-corrected chi connectivity index (χ3v) is 5.51. The number of imide groups is 1. The van der Waals surface area contributed by atoms with Gasteiger partial charge in [0.05, 0.1) is 18.1 Å². The van der Waals surface area contributed by atoms with Gasteiger partial charge in [-0.3, -0.25) is 14.5 Å². The quantitative estimate of drug-likeness (QED) is 0.657. The molecule has 8 heteroatoms. The zero-order valence-corrected chi connectivity index (χ0v) is 16.5. The first-order valence-corrected chi connectivity index (χ1v) is 9.81. The molecule has 2 amide bonds. The minimum atomic E-state index is -0.366. The summed E-state index contributed by atoms with van der Waals surface area (Å²) >= 11 is 7.18. The Morgan fingerprint density at radius 2 is 1.96 bits per heavy atom. The molecular formula is C20H16ClNO5S. The predicted molar refractivity (Wildman–Crippen MR) is 107 cm³/mol. The lowest BCUT2D eigenvalue weighted by molar-refractivity contribution is -0.123.